The topological polar surface area (TPSA) is 80.3 Å². The zero-order valence-corrected chi connectivity index (χ0v) is 14.2. The number of aryl methyl sites for hydroxylation is 3. The number of aromatic nitrogens is 3. The van der Waals surface area contributed by atoms with E-state index in [1.54, 1.807) is 13.2 Å². The van der Waals surface area contributed by atoms with Gasteiger partial charge in [0.05, 0.1) is 12.0 Å². The molecule has 126 valence electrons. The van der Waals surface area contributed by atoms with Crippen LogP contribution >= 0.6 is 0 Å². The summed E-state index contributed by atoms with van der Waals surface area (Å²) < 4.78 is 7.45. The predicted octanol–water partition coefficient (Wildman–Crippen LogP) is 1.75. The van der Waals surface area contributed by atoms with Crippen LogP contribution in [0.3, 0.4) is 0 Å². The average molecular weight is 318 g/mol. The lowest BCUT2D eigenvalue weighted by atomic mass is 10.1. The van der Waals surface area contributed by atoms with Crippen molar-refractivity contribution in [2.45, 2.75) is 46.2 Å². The van der Waals surface area contributed by atoms with E-state index in [1.807, 2.05) is 12.5 Å². The maximum atomic E-state index is 5.38. The van der Waals surface area contributed by atoms with E-state index in [0.717, 1.165) is 55.3 Å². The summed E-state index contributed by atoms with van der Waals surface area (Å²) in [5.74, 6) is 1.74. The zero-order chi connectivity index (χ0) is 16.5. The Morgan fingerprint density at radius 2 is 2.17 bits per heavy atom. The summed E-state index contributed by atoms with van der Waals surface area (Å²) in [6, 6.07) is 0. The number of hydrogen-bond acceptors (Lipinski definition) is 4. The highest BCUT2D eigenvalue weighted by Gasteiger charge is 2.13. The van der Waals surface area contributed by atoms with E-state index in [4.69, 9.17) is 4.52 Å². The van der Waals surface area contributed by atoms with Crippen LogP contribution in [-0.4, -0.2) is 34.3 Å². The second kappa shape index (κ2) is 8.97. The third-order valence-corrected chi connectivity index (χ3v) is 3.71. The van der Waals surface area contributed by atoms with E-state index in [0.29, 0.717) is 6.54 Å². The minimum Gasteiger partial charge on any atom is -0.361 e. The molecule has 2 aromatic rings. The fourth-order valence-corrected chi connectivity index (χ4v) is 2.42. The Hall–Kier alpha value is -2.31. The molecule has 0 unspecified atom stereocenters. The van der Waals surface area contributed by atoms with Crippen LogP contribution in [-0.2, 0) is 25.9 Å². The number of imidazole rings is 1. The molecule has 0 aliphatic carbocycles. The van der Waals surface area contributed by atoms with Crippen molar-refractivity contribution in [2.75, 3.05) is 13.6 Å². The molecular weight excluding hydrogens is 292 g/mol. The molecule has 0 atom stereocenters. The summed E-state index contributed by atoms with van der Waals surface area (Å²) in [6.07, 6.45) is 8.32. The molecule has 2 aromatic heterocycles. The zero-order valence-electron chi connectivity index (χ0n) is 14.2. The number of guanidine groups is 1. The Kier molecular flexibility index (Phi) is 6.65. The maximum absolute atomic E-state index is 5.38. The van der Waals surface area contributed by atoms with Crippen molar-refractivity contribution in [3.8, 4) is 0 Å². The number of rotatable bonds is 8. The third-order valence-electron chi connectivity index (χ3n) is 3.71. The van der Waals surface area contributed by atoms with Crippen LogP contribution in [0.5, 0.6) is 0 Å². The van der Waals surface area contributed by atoms with Crippen molar-refractivity contribution in [1.29, 1.82) is 0 Å². The fraction of sp³-hybridized carbons (Fsp3) is 0.562. The van der Waals surface area contributed by atoms with Gasteiger partial charge in [0.2, 0.25) is 0 Å². The largest absolute Gasteiger partial charge is 0.361 e. The van der Waals surface area contributed by atoms with Crippen LogP contribution in [0.4, 0.5) is 0 Å². The molecule has 2 heterocycles. The Balaban J connectivity index is 1.77. The lowest BCUT2D eigenvalue weighted by molar-refractivity contribution is 0.380. The van der Waals surface area contributed by atoms with Gasteiger partial charge in [0, 0.05) is 51.1 Å². The standard InChI is InChI=1S/C16H26N6O/c1-4-14-13(15(5-2)23-21-14)11-20-16(17-3)19-7-6-9-22-10-8-18-12-22/h8,10,12H,4-7,9,11H2,1-3H3,(H2,17,19,20). The molecule has 0 saturated heterocycles. The highest BCUT2D eigenvalue weighted by Crippen LogP contribution is 2.15. The van der Waals surface area contributed by atoms with Crippen molar-refractivity contribution in [1.82, 2.24) is 25.3 Å². The molecule has 0 amide bonds. The van der Waals surface area contributed by atoms with Gasteiger partial charge >= 0.3 is 0 Å². The van der Waals surface area contributed by atoms with Crippen LogP contribution in [0.2, 0.25) is 0 Å². The van der Waals surface area contributed by atoms with Crippen molar-refractivity contribution in [2.24, 2.45) is 4.99 Å². The molecule has 0 spiro atoms. The SMILES string of the molecule is CCc1noc(CC)c1CNC(=NC)NCCCn1ccnc1. The van der Waals surface area contributed by atoms with Gasteiger partial charge in [-0.05, 0) is 12.8 Å². The molecule has 7 nitrogen and oxygen atoms in total. The molecule has 0 aromatic carbocycles. The Morgan fingerprint density at radius 1 is 1.30 bits per heavy atom. The first-order chi connectivity index (χ1) is 11.3. The van der Waals surface area contributed by atoms with Crippen LogP contribution in [0.1, 0.15) is 37.3 Å². The summed E-state index contributed by atoms with van der Waals surface area (Å²) in [5.41, 5.74) is 2.17. The number of aliphatic imine (C=N–C) groups is 1. The van der Waals surface area contributed by atoms with E-state index in [2.05, 4.69) is 44.2 Å². The molecule has 0 aliphatic rings. The first kappa shape index (κ1) is 17.1. The van der Waals surface area contributed by atoms with Gasteiger partial charge < -0.3 is 19.7 Å². The monoisotopic (exact) mass is 318 g/mol. The Bertz CT molecular complexity index is 581. The molecule has 23 heavy (non-hydrogen) atoms. The molecule has 7 heteroatoms. The highest BCUT2D eigenvalue weighted by molar-refractivity contribution is 5.79. The normalized spacial score (nSPS) is 11.7. The van der Waals surface area contributed by atoms with E-state index in [-0.39, 0.29) is 0 Å². The third kappa shape index (κ3) is 4.84. The van der Waals surface area contributed by atoms with Gasteiger partial charge in [0.1, 0.15) is 5.76 Å². The van der Waals surface area contributed by atoms with Crippen LogP contribution < -0.4 is 10.6 Å². The summed E-state index contributed by atoms with van der Waals surface area (Å²) >= 11 is 0. The first-order valence-electron chi connectivity index (χ1n) is 8.15. The van der Waals surface area contributed by atoms with Gasteiger partial charge in [0.15, 0.2) is 5.96 Å². The van der Waals surface area contributed by atoms with Gasteiger partial charge in [-0.25, -0.2) is 4.98 Å². The molecular formula is C16H26N6O. The molecule has 0 aliphatic heterocycles. The van der Waals surface area contributed by atoms with E-state index < -0.39 is 0 Å². The molecule has 0 fully saturated rings. The van der Waals surface area contributed by atoms with Gasteiger partial charge in [0.25, 0.3) is 0 Å². The highest BCUT2D eigenvalue weighted by atomic mass is 16.5. The molecule has 0 radical (unpaired) electrons. The van der Waals surface area contributed by atoms with Crippen molar-refractivity contribution in [3.63, 3.8) is 0 Å². The summed E-state index contributed by atoms with van der Waals surface area (Å²) in [7, 11) is 1.78. The van der Waals surface area contributed by atoms with E-state index in [9.17, 15) is 0 Å². The lowest BCUT2D eigenvalue weighted by Gasteiger charge is -2.12. The van der Waals surface area contributed by atoms with Gasteiger partial charge in [-0.2, -0.15) is 0 Å². The molecule has 2 rings (SSSR count). The fourth-order valence-electron chi connectivity index (χ4n) is 2.42. The summed E-state index contributed by atoms with van der Waals surface area (Å²) in [6.45, 7) is 6.63. The lowest BCUT2D eigenvalue weighted by Crippen LogP contribution is -2.37. The van der Waals surface area contributed by atoms with Gasteiger partial charge in [-0.15, -0.1) is 0 Å². The molecule has 2 N–H and O–H groups in total. The second-order valence-corrected chi connectivity index (χ2v) is 5.24. The van der Waals surface area contributed by atoms with Crippen LogP contribution in [0, 0.1) is 0 Å². The Morgan fingerprint density at radius 3 is 2.83 bits per heavy atom. The Labute approximate surface area is 137 Å². The van der Waals surface area contributed by atoms with Gasteiger partial charge in [-0.1, -0.05) is 19.0 Å². The maximum Gasteiger partial charge on any atom is 0.191 e. The summed E-state index contributed by atoms with van der Waals surface area (Å²) in [5, 5.41) is 10.8. The van der Waals surface area contributed by atoms with Crippen LogP contribution in [0.25, 0.3) is 0 Å². The second-order valence-electron chi connectivity index (χ2n) is 5.24. The minimum absolute atomic E-state index is 0.678. The van der Waals surface area contributed by atoms with E-state index in [1.165, 1.54) is 0 Å². The number of nitrogens with zero attached hydrogens (tertiary/aromatic N) is 4. The summed E-state index contributed by atoms with van der Waals surface area (Å²) in [4.78, 5) is 8.29. The first-order valence-corrected chi connectivity index (χ1v) is 8.15. The van der Waals surface area contributed by atoms with Crippen molar-refractivity contribution in [3.05, 3.63) is 35.7 Å². The van der Waals surface area contributed by atoms with Gasteiger partial charge in [-0.3, -0.25) is 4.99 Å². The minimum atomic E-state index is 0.678. The van der Waals surface area contributed by atoms with Crippen LogP contribution in [0.15, 0.2) is 28.2 Å². The van der Waals surface area contributed by atoms with Crippen molar-refractivity contribution < 1.29 is 4.52 Å². The predicted molar refractivity (Wildman–Crippen MR) is 90.3 cm³/mol. The molecule has 0 bridgehead atoms. The number of hydrogen-bond donors (Lipinski definition) is 2. The quantitative estimate of drug-likeness (QED) is 0.440. The van der Waals surface area contributed by atoms with Crippen molar-refractivity contribution >= 4 is 5.96 Å². The molecule has 0 saturated carbocycles. The number of nitrogens with one attached hydrogen (secondary N) is 2. The van der Waals surface area contributed by atoms with E-state index >= 15 is 0 Å². The smallest absolute Gasteiger partial charge is 0.191 e. The average Bonchev–Trinajstić information content (AvgIpc) is 3.23.